The van der Waals surface area contributed by atoms with Crippen molar-refractivity contribution in [2.24, 2.45) is 0 Å². The first-order chi connectivity index (χ1) is 12.1. The lowest BCUT2D eigenvalue weighted by Crippen LogP contribution is -2.48. The van der Waals surface area contributed by atoms with E-state index in [9.17, 15) is 9.59 Å². The summed E-state index contributed by atoms with van der Waals surface area (Å²) in [5.41, 5.74) is 1.34. The van der Waals surface area contributed by atoms with Crippen LogP contribution in [0, 0.1) is 11.3 Å². The molecule has 0 spiro atoms. The third-order valence-electron chi connectivity index (χ3n) is 3.74. The standard InChI is InChI=1S/C19H20N4O2/c1-23(12-6-10-20)19(25)17(13-15-7-5-11-21-14-15)22-18(24)16-8-3-2-4-9-16/h2-5,7-9,11,14,17H,6,12-13H2,1H3,(H,22,24). The van der Waals surface area contributed by atoms with Crippen molar-refractivity contribution in [3.8, 4) is 6.07 Å². The number of nitriles is 1. The quantitative estimate of drug-likeness (QED) is 0.835. The molecular weight excluding hydrogens is 316 g/mol. The molecule has 2 aromatic rings. The number of pyridine rings is 1. The molecule has 0 saturated carbocycles. The Labute approximate surface area is 147 Å². The first kappa shape index (κ1) is 18.1. The first-order valence-corrected chi connectivity index (χ1v) is 7.98. The van der Waals surface area contributed by atoms with E-state index in [1.54, 1.807) is 49.8 Å². The Kier molecular flexibility index (Phi) is 6.66. The summed E-state index contributed by atoms with van der Waals surface area (Å²) in [6, 6.07) is 13.7. The SMILES string of the molecule is CN(CCC#N)C(=O)C(Cc1cccnc1)NC(=O)c1ccccc1. The predicted octanol–water partition coefficient (Wildman–Crippen LogP) is 1.79. The number of amides is 2. The van der Waals surface area contributed by atoms with Gasteiger partial charge in [-0.3, -0.25) is 14.6 Å². The molecule has 0 saturated heterocycles. The summed E-state index contributed by atoms with van der Waals surface area (Å²) in [6.45, 7) is 0.320. The van der Waals surface area contributed by atoms with E-state index in [4.69, 9.17) is 5.26 Å². The Balaban J connectivity index is 2.15. The van der Waals surface area contributed by atoms with Crippen molar-refractivity contribution in [1.29, 1.82) is 5.26 Å². The van der Waals surface area contributed by atoms with Crippen LogP contribution < -0.4 is 5.32 Å². The summed E-state index contributed by atoms with van der Waals surface area (Å²) in [6.07, 6.45) is 3.91. The van der Waals surface area contributed by atoms with E-state index in [1.165, 1.54) is 4.90 Å². The highest BCUT2D eigenvalue weighted by Crippen LogP contribution is 2.07. The van der Waals surface area contributed by atoms with Gasteiger partial charge in [-0.1, -0.05) is 24.3 Å². The van der Waals surface area contributed by atoms with E-state index in [1.807, 2.05) is 18.2 Å². The molecule has 0 radical (unpaired) electrons. The van der Waals surface area contributed by atoms with Gasteiger partial charge in [0.2, 0.25) is 5.91 Å². The summed E-state index contributed by atoms with van der Waals surface area (Å²) >= 11 is 0. The van der Waals surface area contributed by atoms with Crippen LogP contribution in [0.15, 0.2) is 54.9 Å². The van der Waals surface area contributed by atoms with Crippen LogP contribution in [0.25, 0.3) is 0 Å². The molecule has 0 fully saturated rings. The number of aromatic nitrogens is 1. The highest BCUT2D eigenvalue weighted by molar-refractivity contribution is 5.97. The molecule has 0 bridgehead atoms. The molecule has 1 heterocycles. The van der Waals surface area contributed by atoms with Gasteiger partial charge in [0.15, 0.2) is 0 Å². The summed E-state index contributed by atoms with van der Waals surface area (Å²) in [7, 11) is 1.63. The van der Waals surface area contributed by atoms with Crippen LogP contribution >= 0.6 is 0 Å². The number of likely N-dealkylation sites (N-methyl/N-ethyl adjacent to an activating group) is 1. The van der Waals surface area contributed by atoms with Crippen molar-refractivity contribution in [1.82, 2.24) is 15.2 Å². The molecule has 6 nitrogen and oxygen atoms in total. The maximum atomic E-state index is 12.7. The zero-order chi connectivity index (χ0) is 18.1. The normalized spacial score (nSPS) is 11.2. The molecule has 1 atom stereocenters. The molecule has 6 heteroatoms. The average Bonchev–Trinajstić information content (AvgIpc) is 2.66. The molecule has 1 aromatic carbocycles. The largest absolute Gasteiger partial charge is 0.343 e. The number of rotatable bonds is 7. The minimum Gasteiger partial charge on any atom is -0.343 e. The Morgan fingerprint density at radius 3 is 2.64 bits per heavy atom. The van der Waals surface area contributed by atoms with Gasteiger partial charge in [-0.2, -0.15) is 5.26 Å². The maximum Gasteiger partial charge on any atom is 0.251 e. The fourth-order valence-corrected chi connectivity index (χ4v) is 2.38. The Bertz CT molecular complexity index is 741. The van der Waals surface area contributed by atoms with Gasteiger partial charge in [-0.05, 0) is 23.8 Å². The fourth-order valence-electron chi connectivity index (χ4n) is 2.38. The van der Waals surface area contributed by atoms with E-state index in [0.717, 1.165) is 5.56 Å². The Hall–Kier alpha value is -3.20. The molecule has 0 aliphatic rings. The molecule has 0 aliphatic heterocycles. The first-order valence-electron chi connectivity index (χ1n) is 7.98. The predicted molar refractivity (Wildman–Crippen MR) is 93.5 cm³/mol. The number of carbonyl (C=O) groups excluding carboxylic acids is 2. The minimum absolute atomic E-state index is 0.233. The van der Waals surface area contributed by atoms with E-state index >= 15 is 0 Å². The lowest BCUT2D eigenvalue weighted by Gasteiger charge is -2.24. The van der Waals surface area contributed by atoms with Crippen LogP contribution in [0.2, 0.25) is 0 Å². The van der Waals surface area contributed by atoms with Crippen molar-refractivity contribution in [3.05, 3.63) is 66.0 Å². The second-order valence-electron chi connectivity index (χ2n) is 5.63. The second-order valence-corrected chi connectivity index (χ2v) is 5.63. The number of nitrogens with one attached hydrogen (secondary N) is 1. The fraction of sp³-hybridized carbons (Fsp3) is 0.263. The van der Waals surface area contributed by atoms with Crippen LogP contribution in [0.1, 0.15) is 22.3 Å². The van der Waals surface area contributed by atoms with Gasteiger partial charge in [0, 0.05) is 38.0 Å². The molecule has 0 aliphatic carbocycles. The third kappa shape index (κ3) is 5.43. The van der Waals surface area contributed by atoms with E-state index < -0.39 is 6.04 Å². The van der Waals surface area contributed by atoms with Gasteiger partial charge < -0.3 is 10.2 Å². The number of carbonyl (C=O) groups is 2. The Morgan fingerprint density at radius 2 is 2.00 bits per heavy atom. The summed E-state index contributed by atoms with van der Waals surface area (Å²) in [4.78, 5) is 30.7. The van der Waals surface area contributed by atoms with Crippen molar-refractivity contribution >= 4 is 11.8 Å². The molecule has 2 rings (SSSR count). The van der Waals surface area contributed by atoms with Gasteiger partial charge >= 0.3 is 0 Å². The van der Waals surface area contributed by atoms with Crippen LogP contribution in [0.4, 0.5) is 0 Å². The van der Waals surface area contributed by atoms with Crippen LogP contribution in [-0.4, -0.2) is 41.3 Å². The zero-order valence-corrected chi connectivity index (χ0v) is 14.1. The summed E-state index contributed by atoms with van der Waals surface area (Å²) in [5.74, 6) is -0.542. The van der Waals surface area contributed by atoms with Gasteiger partial charge in [-0.15, -0.1) is 0 Å². The van der Waals surface area contributed by atoms with Gasteiger partial charge in [0.25, 0.3) is 5.91 Å². The average molecular weight is 336 g/mol. The molecular formula is C19H20N4O2. The van der Waals surface area contributed by atoms with E-state index in [-0.39, 0.29) is 18.2 Å². The summed E-state index contributed by atoms with van der Waals surface area (Å²) in [5, 5.41) is 11.5. The third-order valence-corrected chi connectivity index (χ3v) is 3.74. The molecule has 2 amide bonds. The number of hydrogen-bond donors (Lipinski definition) is 1. The lowest BCUT2D eigenvalue weighted by molar-refractivity contribution is -0.131. The minimum atomic E-state index is -0.722. The van der Waals surface area contributed by atoms with Crippen LogP contribution in [-0.2, 0) is 11.2 Å². The van der Waals surface area contributed by atoms with E-state index in [2.05, 4.69) is 10.3 Å². The monoisotopic (exact) mass is 336 g/mol. The van der Waals surface area contributed by atoms with Gasteiger partial charge in [0.05, 0.1) is 12.5 Å². The topological polar surface area (TPSA) is 86.1 Å². The number of hydrogen-bond acceptors (Lipinski definition) is 4. The van der Waals surface area contributed by atoms with Gasteiger partial charge in [0.1, 0.15) is 6.04 Å². The molecule has 1 aromatic heterocycles. The Morgan fingerprint density at radius 1 is 1.24 bits per heavy atom. The maximum absolute atomic E-state index is 12.7. The van der Waals surface area contributed by atoms with E-state index in [0.29, 0.717) is 18.5 Å². The highest BCUT2D eigenvalue weighted by atomic mass is 16.2. The van der Waals surface area contributed by atoms with Crippen molar-refractivity contribution in [2.45, 2.75) is 18.9 Å². The van der Waals surface area contributed by atoms with Crippen molar-refractivity contribution < 1.29 is 9.59 Å². The second kappa shape index (κ2) is 9.18. The molecule has 25 heavy (non-hydrogen) atoms. The smallest absolute Gasteiger partial charge is 0.251 e. The van der Waals surface area contributed by atoms with Gasteiger partial charge in [-0.25, -0.2) is 0 Å². The van der Waals surface area contributed by atoms with Crippen molar-refractivity contribution in [2.75, 3.05) is 13.6 Å². The molecule has 1 N–H and O–H groups in total. The van der Waals surface area contributed by atoms with Crippen molar-refractivity contribution in [3.63, 3.8) is 0 Å². The highest BCUT2D eigenvalue weighted by Gasteiger charge is 2.24. The number of benzene rings is 1. The lowest BCUT2D eigenvalue weighted by atomic mass is 10.1. The van der Waals surface area contributed by atoms with Crippen LogP contribution in [0.5, 0.6) is 0 Å². The van der Waals surface area contributed by atoms with Crippen LogP contribution in [0.3, 0.4) is 0 Å². The molecule has 1 unspecified atom stereocenters. The summed E-state index contributed by atoms with van der Waals surface area (Å²) < 4.78 is 0. The number of nitrogens with zero attached hydrogens (tertiary/aromatic N) is 3. The zero-order valence-electron chi connectivity index (χ0n) is 14.1. The molecule has 128 valence electrons.